The van der Waals surface area contributed by atoms with Gasteiger partial charge in [0.15, 0.2) is 0 Å². The molecule has 3 N–H and O–H groups in total. The highest BCUT2D eigenvalue weighted by Gasteiger charge is 2.08. The third-order valence-corrected chi connectivity index (χ3v) is 2.97. The molecule has 0 fully saturated rings. The number of benzene rings is 1. The maximum Gasteiger partial charge on any atom is 0.148 e. The van der Waals surface area contributed by atoms with Gasteiger partial charge in [-0.25, -0.2) is 0 Å². The van der Waals surface area contributed by atoms with Crippen molar-refractivity contribution in [1.82, 2.24) is 0 Å². The van der Waals surface area contributed by atoms with Gasteiger partial charge in [-0.05, 0) is 44.0 Å². The van der Waals surface area contributed by atoms with E-state index in [9.17, 15) is 0 Å². The lowest BCUT2D eigenvalue weighted by atomic mass is 10.3. The quantitative estimate of drug-likeness (QED) is 0.618. The summed E-state index contributed by atoms with van der Waals surface area (Å²) in [7, 11) is 0. The van der Waals surface area contributed by atoms with Gasteiger partial charge < -0.3 is 10.5 Å². The van der Waals surface area contributed by atoms with Crippen LogP contribution < -0.4 is 10.5 Å². The summed E-state index contributed by atoms with van der Waals surface area (Å²) in [4.78, 5) is 0. The lowest BCUT2D eigenvalue weighted by molar-refractivity contribution is 0.369. The molecule has 0 aliphatic rings. The van der Waals surface area contributed by atoms with Gasteiger partial charge in [0.25, 0.3) is 0 Å². The number of ether oxygens (including phenoxy) is 1. The highest BCUT2D eigenvalue weighted by atomic mass is 79.9. The van der Waals surface area contributed by atoms with Crippen LogP contribution in [0.4, 0.5) is 0 Å². The average molecular weight is 387 g/mol. The van der Waals surface area contributed by atoms with E-state index in [-0.39, 0.29) is 12.4 Å². The van der Waals surface area contributed by atoms with E-state index in [4.69, 9.17) is 15.9 Å². The molecule has 0 aromatic heterocycles. The number of nitrogens with one attached hydrogen (secondary N) is 1. The molecule has 1 aromatic carbocycles. The second-order valence-electron chi connectivity index (χ2n) is 2.51. The fraction of sp³-hybridized carbons (Fsp3) is 0.125. The molecule has 1 aromatic rings. The van der Waals surface area contributed by atoms with Crippen LogP contribution in [-0.2, 0) is 0 Å². The standard InChI is InChI=1S/C8H7Br3N2O/c9-4-1-5(10)8(6(11)2-4)14-3-7(12)13/h1-2H,3H2,(H3,12,13). The predicted molar refractivity (Wildman–Crippen MR) is 67.0 cm³/mol. The van der Waals surface area contributed by atoms with Crippen LogP contribution in [0.25, 0.3) is 0 Å². The first-order valence-electron chi connectivity index (χ1n) is 3.61. The molecule has 0 bridgehead atoms. The molecule has 3 nitrogen and oxygen atoms in total. The number of hydrogen-bond acceptors (Lipinski definition) is 2. The molecule has 0 aliphatic carbocycles. The maximum absolute atomic E-state index is 7.04. The lowest BCUT2D eigenvalue weighted by Gasteiger charge is -2.09. The van der Waals surface area contributed by atoms with Gasteiger partial charge in [-0.3, -0.25) is 5.41 Å². The van der Waals surface area contributed by atoms with Gasteiger partial charge in [-0.2, -0.15) is 0 Å². The highest BCUT2D eigenvalue weighted by molar-refractivity contribution is 9.11. The summed E-state index contributed by atoms with van der Waals surface area (Å²) in [5.41, 5.74) is 5.19. The van der Waals surface area contributed by atoms with Crippen molar-refractivity contribution in [2.45, 2.75) is 0 Å². The number of amidine groups is 1. The molecule has 0 saturated heterocycles. The van der Waals surface area contributed by atoms with Gasteiger partial charge in [0.1, 0.15) is 18.2 Å². The Labute approximate surface area is 107 Å². The van der Waals surface area contributed by atoms with Crippen LogP contribution in [0.1, 0.15) is 0 Å². The second kappa shape index (κ2) is 5.14. The van der Waals surface area contributed by atoms with Crippen LogP contribution in [-0.4, -0.2) is 12.4 Å². The Morgan fingerprint density at radius 1 is 1.29 bits per heavy atom. The van der Waals surface area contributed by atoms with Gasteiger partial charge in [-0.15, -0.1) is 0 Å². The Bertz CT molecular complexity index is 345. The van der Waals surface area contributed by atoms with E-state index in [1.165, 1.54) is 0 Å². The largest absolute Gasteiger partial charge is 0.483 e. The first-order valence-corrected chi connectivity index (χ1v) is 5.99. The first-order chi connectivity index (χ1) is 6.50. The first kappa shape index (κ1) is 12.0. The van der Waals surface area contributed by atoms with E-state index in [0.29, 0.717) is 5.75 Å². The van der Waals surface area contributed by atoms with Gasteiger partial charge in [-0.1, -0.05) is 15.9 Å². The smallest absolute Gasteiger partial charge is 0.148 e. The molecule has 0 spiro atoms. The molecule has 0 amide bonds. The van der Waals surface area contributed by atoms with Gasteiger partial charge in [0, 0.05) is 4.47 Å². The molecule has 0 atom stereocenters. The van der Waals surface area contributed by atoms with Crippen LogP contribution in [0.5, 0.6) is 5.75 Å². The van der Waals surface area contributed by atoms with Crippen molar-refractivity contribution in [2.24, 2.45) is 5.73 Å². The zero-order chi connectivity index (χ0) is 10.7. The molecule has 1 rings (SSSR count). The Morgan fingerprint density at radius 3 is 2.21 bits per heavy atom. The number of hydrogen-bond donors (Lipinski definition) is 2. The Morgan fingerprint density at radius 2 is 1.79 bits per heavy atom. The Balaban J connectivity index is 2.91. The minimum Gasteiger partial charge on any atom is -0.483 e. The van der Waals surface area contributed by atoms with Crippen molar-refractivity contribution in [1.29, 1.82) is 5.41 Å². The fourth-order valence-electron chi connectivity index (χ4n) is 0.817. The Kier molecular flexibility index (Phi) is 4.40. The fourth-order valence-corrected chi connectivity index (χ4v) is 3.30. The van der Waals surface area contributed by atoms with Crippen LogP contribution >= 0.6 is 47.8 Å². The van der Waals surface area contributed by atoms with Crippen molar-refractivity contribution in [3.8, 4) is 5.75 Å². The Hall–Kier alpha value is -0.0700. The summed E-state index contributed by atoms with van der Waals surface area (Å²) >= 11 is 10.0. The molecular formula is C8H7Br3N2O. The number of rotatable bonds is 3. The van der Waals surface area contributed by atoms with Crippen LogP contribution in [0.15, 0.2) is 25.6 Å². The number of nitrogens with two attached hydrogens (primary N) is 1. The molecular weight excluding hydrogens is 380 g/mol. The second-order valence-corrected chi connectivity index (χ2v) is 5.14. The van der Waals surface area contributed by atoms with Crippen molar-refractivity contribution in [3.63, 3.8) is 0 Å². The minimum absolute atomic E-state index is 0.00767. The van der Waals surface area contributed by atoms with Crippen LogP contribution in [0.2, 0.25) is 0 Å². The van der Waals surface area contributed by atoms with E-state index >= 15 is 0 Å². The normalized spacial score (nSPS) is 9.93. The molecule has 76 valence electrons. The van der Waals surface area contributed by atoms with E-state index in [1.54, 1.807) is 0 Å². The SMILES string of the molecule is N=C(N)COc1c(Br)cc(Br)cc1Br. The van der Waals surface area contributed by atoms with Crippen molar-refractivity contribution >= 4 is 53.6 Å². The van der Waals surface area contributed by atoms with Gasteiger partial charge in [0.05, 0.1) is 8.95 Å². The molecule has 0 radical (unpaired) electrons. The summed E-state index contributed by atoms with van der Waals surface area (Å²) < 4.78 is 7.87. The summed E-state index contributed by atoms with van der Waals surface area (Å²) in [5, 5.41) is 7.04. The molecule has 6 heteroatoms. The van der Waals surface area contributed by atoms with E-state index in [0.717, 1.165) is 13.4 Å². The van der Waals surface area contributed by atoms with E-state index in [2.05, 4.69) is 47.8 Å². The molecule has 0 unspecified atom stereocenters. The van der Waals surface area contributed by atoms with Gasteiger partial charge >= 0.3 is 0 Å². The highest BCUT2D eigenvalue weighted by Crippen LogP contribution is 2.36. The predicted octanol–water partition coefficient (Wildman–Crippen LogP) is 3.29. The number of halogens is 3. The summed E-state index contributed by atoms with van der Waals surface area (Å²) in [6.45, 7) is 0.0822. The maximum atomic E-state index is 7.04. The van der Waals surface area contributed by atoms with Crippen molar-refractivity contribution < 1.29 is 4.74 Å². The minimum atomic E-state index is -0.00767. The summed E-state index contributed by atoms with van der Waals surface area (Å²) in [6.07, 6.45) is 0. The monoisotopic (exact) mass is 384 g/mol. The zero-order valence-corrected chi connectivity index (χ0v) is 11.7. The van der Waals surface area contributed by atoms with Gasteiger partial charge in [0.2, 0.25) is 0 Å². The summed E-state index contributed by atoms with van der Waals surface area (Å²) in [5.74, 6) is 0.634. The lowest BCUT2D eigenvalue weighted by Crippen LogP contribution is -2.19. The molecule has 0 heterocycles. The molecule has 0 saturated carbocycles. The topological polar surface area (TPSA) is 59.1 Å². The van der Waals surface area contributed by atoms with Crippen molar-refractivity contribution in [3.05, 3.63) is 25.6 Å². The van der Waals surface area contributed by atoms with Crippen LogP contribution in [0, 0.1) is 5.41 Å². The van der Waals surface area contributed by atoms with Crippen LogP contribution in [0.3, 0.4) is 0 Å². The molecule has 14 heavy (non-hydrogen) atoms. The average Bonchev–Trinajstić information content (AvgIpc) is 2.01. The van der Waals surface area contributed by atoms with E-state index < -0.39 is 0 Å². The van der Waals surface area contributed by atoms with E-state index in [1.807, 2.05) is 12.1 Å². The summed E-state index contributed by atoms with van der Waals surface area (Å²) in [6, 6.07) is 3.72. The third kappa shape index (κ3) is 3.25. The molecule has 0 aliphatic heterocycles. The third-order valence-electron chi connectivity index (χ3n) is 1.34. The zero-order valence-electron chi connectivity index (χ0n) is 6.98. The van der Waals surface area contributed by atoms with Crippen molar-refractivity contribution in [2.75, 3.05) is 6.61 Å².